The summed E-state index contributed by atoms with van der Waals surface area (Å²) in [5.74, 6) is 0.684. The Kier molecular flexibility index (Phi) is 3.89. The Labute approximate surface area is 120 Å². The molecule has 1 aromatic rings. The van der Waals surface area contributed by atoms with Crippen molar-refractivity contribution < 1.29 is 9.90 Å². The number of hydrogen-bond acceptors (Lipinski definition) is 3. The minimum Gasteiger partial charge on any atom is -0.481 e. The summed E-state index contributed by atoms with van der Waals surface area (Å²) in [7, 11) is 1.82. The number of aliphatic carboxylic acids is 1. The average molecular weight is 279 g/mol. The van der Waals surface area contributed by atoms with Crippen LogP contribution in [0.4, 0.5) is 0 Å². The van der Waals surface area contributed by atoms with Crippen molar-refractivity contribution in [2.45, 2.75) is 52.9 Å². The molecule has 5 heteroatoms. The van der Waals surface area contributed by atoms with Crippen LogP contribution in [0.15, 0.2) is 6.33 Å². The Hall–Kier alpha value is -1.39. The van der Waals surface area contributed by atoms with Crippen LogP contribution in [0.5, 0.6) is 0 Å². The van der Waals surface area contributed by atoms with Crippen molar-refractivity contribution in [3.63, 3.8) is 0 Å². The van der Waals surface area contributed by atoms with Gasteiger partial charge in [-0.3, -0.25) is 9.48 Å². The maximum Gasteiger partial charge on any atom is 0.310 e. The lowest BCUT2D eigenvalue weighted by molar-refractivity contribution is -0.152. The first-order chi connectivity index (χ1) is 9.24. The molecule has 0 radical (unpaired) electrons. The maximum absolute atomic E-state index is 11.8. The first kappa shape index (κ1) is 15.0. The van der Waals surface area contributed by atoms with Gasteiger partial charge in [0.15, 0.2) is 0 Å². The van der Waals surface area contributed by atoms with Crippen molar-refractivity contribution in [2.24, 2.45) is 23.8 Å². The monoisotopic (exact) mass is 279 g/mol. The Morgan fingerprint density at radius 3 is 2.45 bits per heavy atom. The van der Waals surface area contributed by atoms with Gasteiger partial charge >= 0.3 is 5.97 Å². The second kappa shape index (κ2) is 5.19. The lowest BCUT2D eigenvalue weighted by Crippen LogP contribution is -2.40. The lowest BCUT2D eigenvalue weighted by Gasteiger charge is -2.41. The summed E-state index contributed by atoms with van der Waals surface area (Å²) in [6.07, 6.45) is 5.40. The van der Waals surface area contributed by atoms with Crippen LogP contribution in [0.25, 0.3) is 0 Å². The SMILES string of the molecule is Cn1ncnc1CC1(C(=O)O)CCC(C(C)(C)C)CC1. The van der Waals surface area contributed by atoms with E-state index in [0.29, 0.717) is 12.3 Å². The molecule has 0 spiro atoms. The van der Waals surface area contributed by atoms with Gasteiger partial charge in [0, 0.05) is 13.5 Å². The standard InChI is InChI=1S/C15H25N3O2/c1-14(2,3)11-5-7-15(8-6-11,13(19)20)9-12-16-10-17-18(12)4/h10-11H,5-9H2,1-4H3,(H,19,20). The second-order valence-corrected chi connectivity index (χ2v) is 7.20. The van der Waals surface area contributed by atoms with E-state index in [0.717, 1.165) is 31.5 Å². The Morgan fingerprint density at radius 1 is 1.45 bits per heavy atom. The molecular weight excluding hydrogens is 254 g/mol. The highest BCUT2D eigenvalue weighted by molar-refractivity contribution is 5.75. The highest BCUT2D eigenvalue weighted by Gasteiger charge is 2.44. The van der Waals surface area contributed by atoms with Crippen LogP contribution in [0.1, 0.15) is 52.3 Å². The summed E-state index contributed by atoms with van der Waals surface area (Å²) in [5.41, 5.74) is -0.405. The molecule has 1 aliphatic carbocycles. The molecule has 0 atom stereocenters. The molecule has 0 amide bonds. The number of rotatable bonds is 3. The van der Waals surface area contributed by atoms with Crippen LogP contribution < -0.4 is 0 Å². The summed E-state index contributed by atoms with van der Waals surface area (Å²) in [6.45, 7) is 6.73. The van der Waals surface area contributed by atoms with Crippen molar-refractivity contribution in [3.05, 3.63) is 12.2 Å². The van der Waals surface area contributed by atoms with Gasteiger partial charge in [-0.2, -0.15) is 5.10 Å². The van der Waals surface area contributed by atoms with Crippen LogP contribution in [-0.2, 0) is 18.3 Å². The Bertz CT molecular complexity index is 480. The molecule has 1 N–H and O–H groups in total. The predicted octanol–water partition coefficient (Wildman–Crippen LogP) is 2.66. The number of carboxylic acid groups (broad SMARTS) is 1. The van der Waals surface area contributed by atoms with Gasteiger partial charge in [0.1, 0.15) is 12.2 Å². The van der Waals surface area contributed by atoms with Gasteiger partial charge in [-0.15, -0.1) is 0 Å². The number of aromatic nitrogens is 3. The smallest absolute Gasteiger partial charge is 0.310 e. The van der Waals surface area contributed by atoms with E-state index in [4.69, 9.17) is 0 Å². The molecule has 1 heterocycles. The Morgan fingerprint density at radius 2 is 2.05 bits per heavy atom. The van der Waals surface area contributed by atoms with E-state index >= 15 is 0 Å². The maximum atomic E-state index is 11.8. The molecule has 1 fully saturated rings. The summed E-state index contributed by atoms with van der Waals surface area (Å²) >= 11 is 0. The fourth-order valence-corrected chi connectivity index (χ4v) is 3.29. The first-order valence-corrected chi connectivity index (χ1v) is 7.31. The fraction of sp³-hybridized carbons (Fsp3) is 0.800. The average Bonchev–Trinajstić information content (AvgIpc) is 2.74. The summed E-state index contributed by atoms with van der Waals surface area (Å²) in [6, 6.07) is 0. The number of carbonyl (C=O) groups is 1. The van der Waals surface area contributed by atoms with E-state index in [9.17, 15) is 9.90 Å². The normalized spacial score (nSPS) is 27.5. The highest BCUT2D eigenvalue weighted by Crippen LogP contribution is 2.46. The molecule has 0 unspecified atom stereocenters. The van der Waals surface area contributed by atoms with Crippen molar-refractivity contribution >= 4 is 5.97 Å². The van der Waals surface area contributed by atoms with Gasteiger partial charge in [0.25, 0.3) is 0 Å². The molecule has 0 bridgehead atoms. The molecule has 112 valence electrons. The highest BCUT2D eigenvalue weighted by atomic mass is 16.4. The lowest BCUT2D eigenvalue weighted by atomic mass is 9.63. The molecule has 5 nitrogen and oxygen atoms in total. The number of hydrogen-bond donors (Lipinski definition) is 1. The minimum atomic E-state index is -0.687. The molecule has 0 aromatic carbocycles. The molecule has 0 aliphatic heterocycles. The number of carboxylic acids is 1. The van der Waals surface area contributed by atoms with E-state index < -0.39 is 11.4 Å². The van der Waals surface area contributed by atoms with E-state index in [1.807, 2.05) is 7.05 Å². The Balaban J connectivity index is 2.14. The minimum absolute atomic E-state index is 0.259. The predicted molar refractivity (Wildman–Crippen MR) is 76.2 cm³/mol. The van der Waals surface area contributed by atoms with Gasteiger partial charge in [-0.1, -0.05) is 20.8 Å². The fourth-order valence-electron chi connectivity index (χ4n) is 3.29. The van der Waals surface area contributed by atoms with E-state index in [1.54, 1.807) is 4.68 Å². The molecular formula is C15H25N3O2. The third kappa shape index (κ3) is 2.86. The zero-order valence-corrected chi connectivity index (χ0v) is 12.9. The van der Waals surface area contributed by atoms with Gasteiger partial charge in [-0.05, 0) is 37.0 Å². The van der Waals surface area contributed by atoms with Gasteiger partial charge in [-0.25, -0.2) is 4.98 Å². The zero-order chi connectivity index (χ0) is 15.0. The number of nitrogens with zero attached hydrogens (tertiary/aromatic N) is 3. The van der Waals surface area contributed by atoms with Crippen LogP contribution in [0.2, 0.25) is 0 Å². The van der Waals surface area contributed by atoms with E-state index in [-0.39, 0.29) is 5.41 Å². The third-order valence-corrected chi connectivity index (χ3v) is 4.92. The van der Waals surface area contributed by atoms with E-state index in [1.165, 1.54) is 6.33 Å². The molecule has 20 heavy (non-hydrogen) atoms. The molecule has 1 saturated carbocycles. The van der Waals surface area contributed by atoms with Crippen LogP contribution in [0.3, 0.4) is 0 Å². The summed E-state index contributed by atoms with van der Waals surface area (Å²) < 4.78 is 1.68. The second-order valence-electron chi connectivity index (χ2n) is 7.20. The number of aryl methyl sites for hydroxylation is 1. The van der Waals surface area contributed by atoms with E-state index in [2.05, 4.69) is 30.9 Å². The molecule has 1 aromatic heterocycles. The quantitative estimate of drug-likeness (QED) is 0.923. The van der Waals surface area contributed by atoms with Gasteiger partial charge in [0.05, 0.1) is 5.41 Å². The summed E-state index contributed by atoms with van der Waals surface area (Å²) in [4.78, 5) is 16.0. The van der Waals surface area contributed by atoms with Crippen LogP contribution in [-0.4, -0.2) is 25.8 Å². The molecule has 0 saturated heterocycles. The third-order valence-electron chi connectivity index (χ3n) is 4.92. The van der Waals surface area contributed by atoms with Gasteiger partial charge < -0.3 is 5.11 Å². The molecule has 2 rings (SSSR count). The zero-order valence-electron chi connectivity index (χ0n) is 12.9. The van der Waals surface area contributed by atoms with Crippen molar-refractivity contribution in [3.8, 4) is 0 Å². The molecule has 1 aliphatic rings. The van der Waals surface area contributed by atoms with Crippen molar-refractivity contribution in [2.75, 3.05) is 0 Å². The van der Waals surface area contributed by atoms with Crippen molar-refractivity contribution in [1.29, 1.82) is 0 Å². The van der Waals surface area contributed by atoms with Gasteiger partial charge in [0.2, 0.25) is 0 Å². The summed E-state index contributed by atoms with van der Waals surface area (Å²) in [5, 5.41) is 13.7. The largest absolute Gasteiger partial charge is 0.481 e. The van der Waals surface area contributed by atoms with Crippen LogP contribution in [0, 0.1) is 16.7 Å². The first-order valence-electron chi connectivity index (χ1n) is 7.31. The topological polar surface area (TPSA) is 68.0 Å². The van der Waals surface area contributed by atoms with Crippen LogP contribution >= 0.6 is 0 Å². The van der Waals surface area contributed by atoms with Crippen molar-refractivity contribution in [1.82, 2.24) is 14.8 Å².